The zero-order valence-corrected chi connectivity index (χ0v) is 12.5. The summed E-state index contributed by atoms with van der Waals surface area (Å²) in [6.07, 6.45) is 0.932. The fourth-order valence-electron chi connectivity index (χ4n) is 2.65. The second-order valence-electron chi connectivity index (χ2n) is 5.14. The highest BCUT2D eigenvalue weighted by Gasteiger charge is 2.25. The molecule has 0 aliphatic carbocycles. The maximum Gasteiger partial charge on any atom is 0.206 e. The molecule has 1 aliphatic heterocycles. The van der Waals surface area contributed by atoms with Gasteiger partial charge in [-0.1, -0.05) is 24.3 Å². The molecule has 3 N–H and O–H groups in total. The average molecular weight is 304 g/mol. The minimum absolute atomic E-state index is 0.275. The molecule has 1 heterocycles. The Labute approximate surface area is 124 Å². The predicted molar refractivity (Wildman–Crippen MR) is 78.9 cm³/mol. The molecule has 2 aromatic rings. The lowest BCUT2D eigenvalue weighted by atomic mass is 9.93. The number of hydrogen-bond acceptors (Lipinski definition) is 3. The maximum absolute atomic E-state index is 12.6. The van der Waals surface area contributed by atoms with E-state index in [0.29, 0.717) is 23.2 Å². The molecule has 0 aromatic heterocycles. The molecule has 0 spiro atoms. The average Bonchev–Trinajstić information content (AvgIpc) is 2.54. The lowest BCUT2D eigenvalue weighted by Crippen LogP contribution is -2.53. The van der Waals surface area contributed by atoms with Gasteiger partial charge in [0.05, 0.1) is 22.9 Å². The van der Waals surface area contributed by atoms with Gasteiger partial charge in [-0.05, 0) is 30.7 Å². The Bertz CT molecular complexity index is 741. The Balaban J connectivity index is 2.05. The minimum atomic E-state index is -3.49. The zero-order chi connectivity index (χ0) is 14.9. The molecule has 0 bridgehead atoms. The Morgan fingerprint density at radius 2 is 1.86 bits per heavy atom. The van der Waals surface area contributed by atoms with Gasteiger partial charge >= 0.3 is 0 Å². The quantitative estimate of drug-likeness (QED) is 0.937. The summed E-state index contributed by atoms with van der Waals surface area (Å²) < 4.78 is 30.8. The smallest absolute Gasteiger partial charge is 0.206 e. The number of sulfone groups is 1. The Morgan fingerprint density at radius 3 is 2.57 bits per heavy atom. The molecule has 0 saturated carbocycles. The molecule has 0 saturated heterocycles. The Morgan fingerprint density at radius 1 is 1.10 bits per heavy atom. The summed E-state index contributed by atoms with van der Waals surface area (Å²) in [4.78, 5) is 0.576. The van der Waals surface area contributed by atoms with Gasteiger partial charge in [0.1, 0.15) is 5.75 Å². The van der Waals surface area contributed by atoms with Gasteiger partial charge < -0.3 is 10.5 Å². The monoisotopic (exact) mass is 304 g/mol. The normalized spacial score (nSPS) is 17.9. The molecule has 110 valence electrons. The van der Waals surface area contributed by atoms with Crippen LogP contribution in [0.4, 0.5) is 0 Å². The van der Waals surface area contributed by atoms with Crippen molar-refractivity contribution in [3.8, 4) is 5.75 Å². The highest BCUT2D eigenvalue weighted by atomic mass is 32.2. The van der Waals surface area contributed by atoms with Gasteiger partial charge in [0.25, 0.3) is 0 Å². The molecule has 1 atom stereocenters. The van der Waals surface area contributed by atoms with Crippen molar-refractivity contribution in [3.63, 3.8) is 0 Å². The summed E-state index contributed by atoms with van der Waals surface area (Å²) in [6, 6.07) is 13.6. The van der Waals surface area contributed by atoms with Crippen LogP contribution in [-0.4, -0.2) is 21.6 Å². The van der Waals surface area contributed by atoms with Crippen LogP contribution < -0.4 is 10.5 Å². The van der Waals surface area contributed by atoms with E-state index in [1.165, 1.54) is 0 Å². The van der Waals surface area contributed by atoms with Crippen LogP contribution in [0.1, 0.15) is 17.9 Å². The van der Waals surface area contributed by atoms with Crippen LogP contribution in [0.3, 0.4) is 0 Å². The van der Waals surface area contributed by atoms with Gasteiger partial charge in [0.15, 0.2) is 0 Å². The van der Waals surface area contributed by atoms with E-state index >= 15 is 0 Å². The molecule has 0 fully saturated rings. The largest absolute Gasteiger partial charge is 0.493 e. The topological polar surface area (TPSA) is 71.0 Å². The molecule has 0 radical (unpaired) electrons. The van der Waals surface area contributed by atoms with Crippen molar-refractivity contribution in [2.24, 2.45) is 0 Å². The van der Waals surface area contributed by atoms with Crippen molar-refractivity contribution in [1.82, 2.24) is 0 Å². The number of benzene rings is 2. The first-order valence-electron chi connectivity index (χ1n) is 6.99. The van der Waals surface area contributed by atoms with Gasteiger partial charge in [0.2, 0.25) is 9.84 Å². The number of fused-ring (bicyclic) bond motifs is 1. The summed E-state index contributed by atoms with van der Waals surface area (Å²) in [7, 11) is -3.49. The summed E-state index contributed by atoms with van der Waals surface area (Å²) in [6.45, 7) is 1.41. The van der Waals surface area contributed by atoms with Crippen molar-refractivity contribution in [2.45, 2.75) is 22.1 Å². The standard InChI is InChI=1S/C16H17NO3S/c17-11-12-8-9-20-16-10-14(6-7-15(12)16)21(18,19)13-4-2-1-3-5-13/h1-7,10,12H,8-9,11,17H2/p+1. The van der Waals surface area contributed by atoms with E-state index in [4.69, 9.17) is 4.74 Å². The lowest BCUT2D eigenvalue weighted by Gasteiger charge is -2.24. The van der Waals surface area contributed by atoms with Crippen molar-refractivity contribution in [3.05, 3.63) is 54.1 Å². The van der Waals surface area contributed by atoms with Gasteiger partial charge in [-0.2, -0.15) is 0 Å². The first-order chi connectivity index (χ1) is 10.1. The first kappa shape index (κ1) is 14.1. The van der Waals surface area contributed by atoms with Crippen LogP contribution in [0.5, 0.6) is 5.75 Å². The number of quaternary nitrogens is 1. The SMILES string of the molecule is [NH3+]CC1CCOc2cc(S(=O)(=O)c3ccccc3)ccc21. The molecule has 3 rings (SSSR count). The third kappa shape index (κ3) is 2.54. The van der Waals surface area contributed by atoms with Gasteiger partial charge in [-0.3, -0.25) is 0 Å². The summed E-state index contributed by atoms with van der Waals surface area (Å²) in [5.74, 6) is 1.02. The van der Waals surface area contributed by atoms with E-state index in [0.717, 1.165) is 18.5 Å². The van der Waals surface area contributed by atoms with E-state index in [9.17, 15) is 8.42 Å². The molecule has 5 heteroatoms. The third-order valence-corrected chi connectivity index (χ3v) is 5.63. The summed E-state index contributed by atoms with van der Waals surface area (Å²) in [5.41, 5.74) is 5.01. The molecule has 2 aromatic carbocycles. The van der Waals surface area contributed by atoms with Crippen molar-refractivity contribution < 1.29 is 18.9 Å². The molecular weight excluding hydrogens is 286 g/mol. The second kappa shape index (κ2) is 5.50. The fraction of sp³-hybridized carbons (Fsp3) is 0.250. The predicted octanol–water partition coefficient (Wildman–Crippen LogP) is 1.63. The summed E-state index contributed by atoms with van der Waals surface area (Å²) in [5, 5.41) is 0. The maximum atomic E-state index is 12.6. The van der Waals surface area contributed by atoms with Crippen LogP contribution >= 0.6 is 0 Å². The number of rotatable bonds is 3. The van der Waals surface area contributed by atoms with Gasteiger partial charge in [-0.15, -0.1) is 0 Å². The van der Waals surface area contributed by atoms with Crippen LogP contribution in [0, 0.1) is 0 Å². The first-order valence-corrected chi connectivity index (χ1v) is 8.47. The lowest BCUT2D eigenvalue weighted by molar-refractivity contribution is -0.373. The van der Waals surface area contributed by atoms with E-state index in [2.05, 4.69) is 5.73 Å². The van der Waals surface area contributed by atoms with Crippen LogP contribution in [0.15, 0.2) is 58.3 Å². The van der Waals surface area contributed by atoms with Crippen molar-refractivity contribution >= 4 is 9.84 Å². The van der Waals surface area contributed by atoms with Crippen molar-refractivity contribution in [1.29, 1.82) is 0 Å². The van der Waals surface area contributed by atoms with Crippen LogP contribution in [0.2, 0.25) is 0 Å². The highest BCUT2D eigenvalue weighted by Crippen LogP contribution is 2.35. The number of ether oxygens (including phenoxy) is 1. The highest BCUT2D eigenvalue weighted by molar-refractivity contribution is 7.91. The van der Waals surface area contributed by atoms with Gasteiger partial charge in [0, 0.05) is 11.5 Å². The minimum Gasteiger partial charge on any atom is -0.493 e. The molecule has 21 heavy (non-hydrogen) atoms. The Hall–Kier alpha value is -1.85. The molecular formula is C16H18NO3S+. The van der Waals surface area contributed by atoms with E-state index in [1.54, 1.807) is 42.5 Å². The zero-order valence-electron chi connectivity index (χ0n) is 11.7. The fourth-order valence-corrected chi connectivity index (χ4v) is 3.94. The van der Waals surface area contributed by atoms with Crippen molar-refractivity contribution in [2.75, 3.05) is 13.2 Å². The van der Waals surface area contributed by atoms with E-state index < -0.39 is 9.84 Å². The third-order valence-electron chi connectivity index (χ3n) is 3.86. The summed E-state index contributed by atoms with van der Waals surface area (Å²) >= 11 is 0. The molecule has 0 amide bonds. The number of hydrogen-bond donors (Lipinski definition) is 1. The molecule has 4 nitrogen and oxygen atoms in total. The Kier molecular flexibility index (Phi) is 3.69. The van der Waals surface area contributed by atoms with E-state index in [1.807, 2.05) is 6.07 Å². The molecule has 1 unspecified atom stereocenters. The second-order valence-corrected chi connectivity index (χ2v) is 7.09. The van der Waals surface area contributed by atoms with Crippen LogP contribution in [-0.2, 0) is 9.84 Å². The molecule has 1 aliphatic rings. The van der Waals surface area contributed by atoms with Gasteiger partial charge in [-0.25, -0.2) is 8.42 Å². The van der Waals surface area contributed by atoms with Crippen LogP contribution in [0.25, 0.3) is 0 Å². The van der Waals surface area contributed by atoms with E-state index in [-0.39, 0.29) is 4.90 Å².